The number of benzene rings is 1. The van der Waals surface area contributed by atoms with Crippen LogP contribution in [0.25, 0.3) is 20.3 Å². The Bertz CT molecular complexity index is 667. The molecule has 0 radical (unpaired) electrons. The van der Waals surface area contributed by atoms with Crippen LogP contribution < -0.4 is 0 Å². The molecular formula is C9H3ClFN3S. The summed E-state index contributed by atoms with van der Waals surface area (Å²) in [6.45, 7) is 0. The van der Waals surface area contributed by atoms with E-state index in [4.69, 9.17) is 11.6 Å². The Morgan fingerprint density at radius 2 is 2.13 bits per heavy atom. The van der Waals surface area contributed by atoms with E-state index in [1.165, 1.54) is 23.5 Å². The molecule has 1 aromatic carbocycles. The normalized spacial score (nSPS) is 11.3. The fourth-order valence-corrected chi connectivity index (χ4v) is 2.73. The molecule has 74 valence electrons. The molecule has 0 aliphatic rings. The number of rotatable bonds is 0. The van der Waals surface area contributed by atoms with Crippen molar-refractivity contribution in [3.8, 4) is 0 Å². The second-order valence-corrected chi connectivity index (χ2v) is 4.41. The average molecular weight is 240 g/mol. The Kier molecular flexibility index (Phi) is 1.83. The van der Waals surface area contributed by atoms with Crippen LogP contribution in [0.4, 0.5) is 4.39 Å². The van der Waals surface area contributed by atoms with Crippen LogP contribution in [0.2, 0.25) is 5.15 Å². The minimum atomic E-state index is -0.272. The van der Waals surface area contributed by atoms with E-state index in [9.17, 15) is 4.39 Å². The van der Waals surface area contributed by atoms with Gasteiger partial charge in [-0.25, -0.2) is 4.39 Å². The van der Waals surface area contributed by atoms with E-state index in [1.807, 2.05) is 0 Å². The zero-order valence-electron chi connectivity index (χ0n) is 7.24. The molecule has 0 unspecified atom stereocenters. The first-order valence-electron chi connectivity index (χ1n) is 4.12. The summed E-state index contributed by atoms with van der Waals surface area (Å²) in [7, 11) is 0. The lowest BCUT2D eigenvalue weighted by molar-refractivity contribution is 0.630. The van der Waals surface area contributed by atoms with Gasteiger partial charge < -0.3 is 0 Å². The van der Waals surface area contributed by atoms with E-state index in [1.54, 1.807) is 6.07 Å². The van der Waals surface area contributed by atoms with Gasteiger partial charge in [0.15, 0.2) is 5.15 Å². The molecule has 0 spiro atoms. The van der Waals surface area contributed by atoms with Gasteiger partial charge in [-0.05, 0) is 23.4 Å². The minimum Gasteiger partial charge on any atom is -0.207 e. The van der Waals surface area contributed by atoms with Crippen LogP contribution in [0, 0.1) is 5.82 Å². The maximum atomic E-state index is 13.0. The number of hydrogen-bond acceptors (Lipinski definition) is 4. The van der Waals surface area contributed by atoms with Gasteiger partial charge in [0.05, 0.1) is 4.70 Å². The first kappa shape index (κ1) is 8.94. The molecule has 0 atom stereocenters. The fourth-order valence-electron chi connectivity index (χ4n) is 1.45. The summed E-state index contributed by atoms with van der Waals surface area (Å²) in [5, 5.41) is 12.2. The standard InChI is InChI=1S/C9H3ClFN3S/c10-9-8-7(12-14-13-9)5-2-1-4(11)3-6(5)15-8/h1-3H. The molecule has 0 N–H and O–H groups in total. The molecule has 0 bridgehead atoms. The van der Waals surface area contributed by atoms with Gasteiger partial charge in [-0.2, -0.15) is 0 Å². The highest BCUT2D eigenvalue weighted by molar-refractivity contribution is 7.26. The monoisotopic (exact) mass is 239 g/mol. The summed E-state index contributed by atoms with van der Waals surface area (Å²) in [5.41, 5.74) is 0.676. The Hall–Kier alpha value is -1.33. The van der Waals surface area contributed by atoms with Crippen molar-refractivity contribution in [3.05, 3.63) is 29.2 Å². The van der Waals surface area contributed by atoms with Crippen LogP contribution in [-0.4, -0.2) is 15.4 Å². The van der Waals surface area contributed by atoms with Crippen molar-refractivity contribution in [2.75, 3.05) is 0 Å². The van der Waals surface area contributed by atoms with Crippen LogP contribution in [0.15, 0.2) is 18.2 Å². The molecular weight excluding hydrogens is 237 g/mol. The largest absolute Gasteiger partial charge is 0.207 e. The van der Waals surface area contributed by atoms with Crippen molar-refractivity contribution in [1.29, 1.82) is 0 Å². The van der Waals surface area contributed by atoms with Gasteiger partial charge in [0.1, 0.15) is 11.3 Å². The smallest absolute Gasteiger partial charge is 0.172 e. The SMILES string of the molecule is Fc1ccc2c(c1)sc1c(Cl)nnnc12. The maximum absolute atomic E-state index is 13.0. The van der Waals surface area contributed by atoms with Crippen LogP contribution in [0.1, 0.15) is 0 Å². The van der Waals surface area contributed by atoms with E-state index in [0.717, 1.165) is 14.8 Å². The molecule has 3 nitrogen and oxygen atoms in total. The van der Waals surface area contributed by atoms with Crippen LogP contribution in [0.3, 0.4) is 0 Å². The molecule has 0 aliphatic heterocycles. The topological polar surface area (TPSA) is 38.7 Å². The second kappa shape index (κ2) is 3.08. The van der Waals surface area contributed by atoms with Gasteiger partial charge in [0.2, 0.25) is 0 Å². The van der Waals surface area contributed by atoms with E-state index < -0.39 is 0 Å². The lowest BCUT2D eigenvalue weighted by atomic mass is 10.2. The summed E-state index contributed by atoms with van der Waals surface area (Å²) in [6, 6.07) is 4.52. The summed E-state index contributed by atoms with van der Waals surface area (Å²) < 4.78 is 14.5. The molecule has 0 aliphatic carbocycles. The number of hydrogen-bond donors (Lipinski definition) is 0. The van der Waals surface area contributed by atoms with Crippen LogP contribution in [0.5, 0.6) is 0 Å². The van der Waals surface area contributed by atoms with E-state index in [-0.39, 0.29) is 5.82 Å². The van der Waals surface area contributed by atoms with Gasteiger partial charge in [-0.15, -0.1) is 21.5 Å². The Balaban J connectivity index is 2.57. The molecule has 2 heterocycles. The first-order chi connectivity index (χ1) is 7.25. The third-order valence-electron chi connectivity index (χ3n) is 2.09. The highest BCUT2D eigenvalue weighted by atomic mass is 35.5. The van der Waals surface area contributed by atoms with Crippen LogP contribution >= 0.6 is 22.9 Å². The van der Waals surface area contributed by atoms with E-state index in [2.05, 4.69) is 15.4 Å². The predicted octanol–water partition coefficient (Wildman–Crippen LogP) is 3.03. The Morgan fingerprint density at radius 3 is 3.00 bits per heavy atom. The zero-order valence-corrected chi connectivity index (χ0v) is 8.81. The van der Waals surface area contributed by atoms with E-state index in [0.29, 0.717) is 10.7 Å². The zero-order chi connectivity index (χ0) is 10.4. The molecule has 2 aromatic heterocycles. The van der Waals surface area contributed by atoms with Crippen molar-refractivity contribution >= 4 is 43.2 Å². The maximum Gasteiger partial charge on any atom is 0.172 e. The fraction of sp³-hybridized carbons (Fsp3) is 0. The molecule has 0 fully saturated rings. The highest BCUT2D eigenvalue weighted by Crippen LogP contribution is 2.35. The number of thiophene rings is 1. The quantitative estimate of drug-likeness (QED) is 0.605. The van der Waals surface area contributed by atoms with Crippen LogP contribution in [-0.2, 0) is 0 Å². The number of fused-ring (bicyclic) bond motifs is 3. The number of nitrogens with zero attached hydrogens (tertiary/aromatic N) is 3. The van der Waals surface area contributed by atoms with Gasteiger partial charge in [0.25, 0.3) is 0 Å². The molecule has 15 heavy (non-hydrogen) atoms. The number of halogens is 2. The van der Waals surface area contributed by atoms with Crippen molar-refractivity contribution in [3.63, 3.8) is 0 Å². The molecule has 0 saturated heterocycles. The number of aromatic nitrogens is 3. The molecule has 3 aromatic rings. The van der Waals surface area contributed by atoms with Crippen molar-refractivity contribution < 1.29 is 4.39 Å². The van der Waals surface area contributed by atoms with Gasteiger partial charge in [0, 0.05) is 10.1 Å². The molecule has 6 heteroatoms. The third-order valence-corrected chi connectivity index (χ3v) is 3.62. The van der Waals surface area contributed by atoms with E-state index >= 15 is 0 Å². The van der Waals surface area contributed by atoms with Crippen molar-refractivity contribution in [2.24, 2.45) is 0 Å². The summed E-state index contributed by atoms with van der Waals surface area (Å²) in [5.74, 6) is -0.272. The summed E-state index contributed by atoms with van der Waals surface area (Å²) >= 11 is 7.24. The van der Waals surface area contributed by atoms with Crippen molar-refractivity contribution in [2.45, 2.75) is 0 Å². The predicted molar refractivity (Wildman–Crippen MR) is 57.7 cm³/mol. The molecule has 0 amide bonds. The molecule has 3 rings (SSSR count). The Labute approximate surface area is 92.5 Å². The van der Waals surface area contributed by atoms with Crippen molar-refractivity contribution in [1.82, 2.24) is 15.4 Å². The lowest BCUT2D eigenvalue weighted by Gasteiger charge is -1.89. The first-order valence-corrected chi connectivity index (χ1v) is 5.32. The van der Waals surface area contributed by atoms with Gasteiger partial charge >= 0.3 is 0 Å². The minimum absolute atomic E-state index is 0.272. The van der Waals surface area contributed by atoms with Gasteiger partial charge in [-0.3, -0.25) is 0 Å². The highest BCUT2D eigenvalue weighted by Gasteiger charge is 2.10. The average Bonchev–Trinajstić information content (AvgIpc) is 2.57. The third kappa shape index (κ3) is 1.27. The summed E-state index contributed by atoms with van der Waals surface area (Å²) in [6.07, 6.45) is 0. The second-order valence-electron chi connectivity index (χ2n) is 3.00. The molecule has 0 saturated carbocycles. The Morgan fingerprint density at radius 1 is 1.27 bits per heavy atom. The summed E-state index contributed by atoms with van der Waals surface area (Å²) in [4.78, 5) is 0. The lowest BCUT2D eigenvalue weighted by Crippen LogP contribution is -1.85. The van der Waals surface area contributed by atoms with Gasteiger partial charge in [-0.1, -0.05) is 11.6 Å².